The fourth-order valence-corrected chi connectivity index (χ4v) is 0.283. The number of hydrogen-bond donors (Lipinski definition) is 0. The lowest BCUT2D eigenvalue weighted by molar-refractivity contribution is 0.379. The van der Waals surface area contributed by atoms with Crippen LogP contribution in [0.25, 0.3) is 0 Å². The van der Waals surface area contributed by atoms with Crippen molar-refractivity contribution >= 4 is 6.40 Å². The standard InChI is InChI=1S/C4H5NO/c1-4-2-6-3-5-4/h3H,1-2H2. The first kappa shape index (κ1) is 3.40. The third-order valence-electron chi connectivity index (χ3n) is 0.560. The second-order valence-corrected chi connectivity index (χ2v) is 1.11. The normalized spacial score (nSPS) is 18.3. The molecule has 0 fully saturated rings. The molecule has 0 bridgehead atoms. The summed E-state index contributed by atoms with van der Waals surface area (Å²) < 4.78 is 4.67. The second-order valence-electron chi connectivity index (χ2n) is 1.11. The maximum absolute atomic E-state index is 4.67. The molecule has 32 valence electrons. The van der Waals surface area contributed by atoms with E-state index in [1.807, 2.05) is 0 Å². The van der Waals surface area contributed by atoms with E-state index in [1.165, 1.54) is 6.40 Å². The van der Waals surface area contributed by atoms with Crippen LogP contribution in [0.4, 0.5) is 0 Å². The Morgan fingerprint density at radius 1 is 2.00 bits per heavy atom. The Hall–Kier alpha value is -0.790. The van der Waals surface area contributed by atoms with E-state index in [2.05, 4.69) is 16.3 Å². The van der Waals surface area contributed by atoms with Crippen LogP contribution in [0.15, 0.2) is 17.3 Å². The smallest absolute Gasteiger partial charge is 0.174 e. The van der Waals surface area contributed by atoms with Crippen LogP contribution in [-0.4, -0.2) is 13.0 Å². The molecule has 1 heterocycles. The van der Waals surface area contributed by atoms with Crippen molar-refractivity contribution in [3.8, 4) is 0 Å². The lowest BCUT2D eigenvalue weighted by Gasteiger charge is -1.80. The van der Waals surface area contributed by atoms with E-state index in [-0.39, 0.29) is 0 Å². The van der Waals surface area contributed by atoms with Crippen molar-refractivity contribution in [2.75, 3.05) is 6.61 Å². The van der Waals surface area contributed by atoms with Crippen molar-refractivity contribution in [3.05, 3.63) is 12.3 Å². The fourth-order valence-electron chi connectivity index (χ4n) is 0.283. The first-order valence-electron chi connectivity index (χ1n) is 1.71. The molecule has 6 heavy (non-hydrogen) atoms. The monoisotopic (exact) mass is 83.0 g/mol. The van der Waals surface area contributed by atoms with Crippen LogP contribution in [0, 0.1) is 0 Å². The van der Waals surface area contributed by atoms with Gasteiger partial charge in [0.25, 0.3) is 0 Å². The van der Waals surface area contributed by atoms with Gasteiger partial charge in [-0.3, -0.25) is 0 Å². The molecule has 0 spiro atoms. The Morgan fingerprint density at radius 3 is 3.00 bits per heavy atom. The summed E-state index contributed by atoms with van der Waals surface area (Å²) in [6.07, 6.45) is 1.41. The molecule has 0 aromatic rings. The Morgan fingerprint density at radius 2 is 2.83 bits per heavy atom. The summed E-state index contributed by atoms with van der Waals surface area (Å²) in [5.74, 6) is 0. The van der Waals surface area contributed by atoms with Crippen LogP contribution in [-0.2, 0) is 4.74 Å². The van der Waals surface area contributed by atoms with Crippen molar-refractivity contribution in [1.82, 2.24) is 0 Å². The molecule has 0 aromatic heterocycles. The van der Waals surface area contributed by atoms with Crippen molar-refractivity contribution in [1.29, 1.82) is 0 Å². The first-order chi connectivity index (χ1) is 2.89. The highest BCUT2D eigenvalue weighted by Crippen LogP contribution is 1.96. The molecule has 1 rings (SSSR count). The SMILES string of the molecule is C=C1COC=N1. The molecule has 0 amide bonds. The lowest BCUT2D eigenvalue weighted by atomic mass is 10.6. The summed E-state index contributed by atoms with van der Waals surface area (Å²) in [5, 5.41) is 0. The molecule has 2 nitrogen and oxygen atoms in total. The Bertz CT molecular complexity index is 95.7. The van der Waals surface area contributed by atoms with E-state index >= 15 is 0 Å². The van der Waals surface area contributed by atoms with E-state index < -0.39 is 0 Å². The Labute approximate surface area is 36.1 Å². The summed E-state index contributed by atoms with van der Waals surface area (Å²) in [4.78, 5) is 3.69. The van der Waals surface area contributed by atoms with Gasteiger partial charge in [-0.15, -0.1) is 0 Å². The molecule has 0 radical (unpaired) electrons. The minimum atomic E-state index is 0.569. The molecule has 0 atom stereocenters. The average Bonchev–Trinajstić information content (AvgIpc) is 1.86. The van der Waals surface area contributed by atoms with Gasteiger partial charge in [0.2, 0.25) is 0 Å². The molecule has 0 N–H and O–H groups in total. The van der Waals surface area contributed by atoms with Gasteiger partial charge in [0.1, 0.15) is 6.61 Å². The van der Waals surface area contributed by atoms with Gasteiger partial charge in [0.15, 0.2) is 6.40 Å². The van der Waals surface area contributed by atoms with Gasteiger partial charge in [0, 0.05) is 0 Å². The third kappa shape index (κ3) is 0.407. The largest absolute Gasteiger partial charge is 0.477 e. The van der Waals surface area contributed by atoms with Crippen LogP contribution in [0.1, 0.15) is 0 Å². The quantitative estimate of drug-likeness (QED) is 0.419. The van der Waals surface area contributed by atoms with E-state index in [9.17, 15) is 0 Å². The number of ether oxygens (including phenoxy) is 1. The van der Waals surface area contributed by atoms with Crippen molar-refractivity contribution < 1.29 is 4.74 Å². The molecule has 0 saturated heterocycles. The molecule has 0 saturated carbocycles. The minimum Gasteiger partial charge on any atom is -0.477 e. The molecule has 1 aliphatic rings. The molecule has 2 heteroatoms. The highest BCUT2D eigenvalue weighted by atomic mass is 16.5. The van der Waals surface area contributed by atoms with Gasteiger partial charge in [-0.2, -0.15) is 0 Å². The molecule has 0 unspecified atom stereocenters. The van der Waals surface area contributed by atoms with Gasteiger partial charge in [-0.25, -0.2) is 4.99 Å². The summed E-state index contributed by atoms with van der Waals surface area (Å²) in [6, 6.07) is 0. The first-order valence-corrected chi connectivity index (χ1v) is 1.71. The molecule has 1 aliphatic heterocycles. The molecule has 0 aromatic carbocycles. The van der Waals surface area contributed by atoms with Crippen molar-refractivity contribution in [2.24, 2.45) is 4.99 Å². The molecular weight excluding hydrogens is 78.1 g/mol. The Kier molecular flexibility index (Phi) is 0.638. The van der Waals surface area contributed by atoms with Crippen molar-refractivity contribution in [2.45, 2.75) is 0 Å². The highest BCUT2D eigenvalue weighted by molar-refractivity contribution is 5.51. The topological polar surface area (TPSA) is 21.6 Å². The van der Waals surface area contributed by atoms with E-state index in [4.69, 9.17) is 0 Å². The highest BCUT2D eigenvalue weighted by Gasteiger charge is 1.93. The maximum atomic E-state index is 4.67. The van der Waals surface area contributed by atoms with E-state index in [0.717, 1.165) is 5.70 Å². The van der Waals surface area contributed by atoms with Gasteiger partial charge in [-0.05, 0) is 0 Å². The van der Waals surface area contributed by atoms with Crippen LogP contribution >= 0.6 is 0 Å². The molecular formula is C4H5NO. The summed E-state index contributed by atoms with van der Waals surface area (Å²) in [5.41, 5.74) is 0.801. The summed E-state index contributed by atoms with van der Waals surface area (Å²) >= 11 is 0. The van der Waals surface area contributed by atoms with Gasteiger partial charge < -0.3 is 4.74 Å². The summed E-state index contributed by atoms with van der Waals surface area (Å²) in [6.45, 7) is 4.10. The zero-order chi connectivity index (χ0) is 4.41. The van der Waals surface area contributed by atoms with E-state index in [1.54, 1.807) is 0 Å². The third-order valence-corrected chi connectivity index (χ3v) is 0.560. The summed E-state index contributed by atoms with van der Waals surface area (Å²) in [7, 11) is 0. The fraction of sp³-hybridized carbons (Fsp3) is 0.250. The van der Waals surface area contributed by atoms with Crippen LogP contribution in [0.5, 0.6) is 0 Å². The number of aliphatic imine (C=N–C) groups is 1. The zero-order valence-corrected chi connectivity index (χ0v) is 3.35. The number of nitrogens with zero attached hydrogens (tertiary/aromatic N) is 1. The van der Waals surface area contributed by atoms with Crippen LogP contribution in [0.2, 0.25) is 0 Å². The van der Waals surface area contributed by atoms with Gasteiger partial charge >= 0.3 is 0 Å². The second kappa shape index (κ2) is 1.12. The van der Waals surface area contributed by atoms with Crippen molar-refractivity contribution in [3.63, 3.8) is 0 Å². The van der Waals surface area contributed by atoms with Gasteiger partial charge in [0.05, 0.1) is 5.70 Å². The molecule has 0 aliphatic carbocycles. The minimum absolute atomic E-state index is 0.569. The van der Waals surface area contributed by atoms with E-state index in [0.29, 0.717) is 6.61 Å². The average molecular weight is 83.1 g/mol. The number of hydrogen-bond acceptors (Lipinski definition) is 2. The number of rotatable bonds is 0. The van der Waals surface area contributed by atoms with Crippen LogP contribution < -0.4 is 0 Å². The lowest BCUT2D eigenvalue weighted by Crippen LogP contribution is -1.78. The maximum Gasteiger partial charge on any atom is 0.174 e. The predicted octanol–water partition coefficient (Wildman–Crippen LogP) is 0.559. The predicted molar refractivity (Wildman–Crippen MR) is 23.6 cm³/mol. The Balaban J connectivity index is 2.59. The van der Waals surface area contributed by atoms with Crippen LogP contribution in [0.3, 0.4) is 0 Å². The zero-order valence-electron chi connectivity index (χ0n) is 3.35. The van der Waals surface area contributed by atoms with Gasteiger partial charge in [-0.1, -0.05) is 6.58 Å².